The van der Waals surface area contributed by atoms with Crippen LogP contribution in [0, 0.1) is 0 Å². The maximum absolute atomic E-state index is 11.3. The molecule has 0 saturated heterocycles. The van der Waals surface area contributed by atoms with Crippen molar-refractivity contribution in [3.8, 4) is 56.0 Å². The second-order valence-electron chi connectivity index (χ2n) is 11.1. The van der Waals surface area contributed by atoms with E-state index >= 15 is 0 Å². The van der Waals surface area contributed by atoms with Crippen LogP contribution in [0.2, 0.25) is 0 Å². The molecule has 2 nitrogen and oxygen atoms in total. The van der Waals surface area contributed by atoms with Crippen LogP contribution in [0.25, 0.3) is 44.5 Å². The van der Waals surface area contributed by atoms with Crippen molar-refractivity contribution in [2.45, 2.75) is 36.3 Å². The van der Waals surface area contributed by atoms with Gasteiger partial charge in [0.1, 0.15) is 11.5 Å². The van der Waals surface area contributed by atoms with Gasteiger partial charge in [0.2, 0.25) is 0 Å². The van der Waals surface area contributed by atoms with Gasteiger partial charge in [0.05, 0.1) is 0 Å². The van der Waals surface area contributed by atoms with Crippen LogP contribution in [0.15, 0.2) is 150 Å². The highest BCUT2D eigenvalue weighted by Crippen LogP contribution is 2.43. The molecule has 0 aromatic heterocycles. The molecule has 1 atom stereocenters. The summed E-state index contributed by atoms with van der Waals surface area (Å²) in [6.07, 6.45) is 3.00. The van der Waals surface area contributed by atoms with Crippen LogP contribution >= 0.6 is 11.8 Å². The number of hydrogen-bond donors (Lipinski definition) is 2. The van der Waals surface area contributed by atoms with Gasteiger partial charge in [-0.25, -0.2) is 0 Å². The monoisotopic (exact) mass is 592 g/mol. The van der Waals surface area contributed by atoms with Gasteiger partial charge in [0.15, 0.2) is 0 Å². The molecular formula is C41H36O2S. The molecule has 1 unspecified atom stereocenters. The van der Waals surface area contributed by atoms with Gasteiger partial charge in [-0.05, 0) is 53.1 Å². The second kappa shape index (κ2) is 13.7. The maximum atomic E-state index is 11.3. The lowest BCUT2D eigenvalue weighted by atomic mass is 9.92. The molecule has 0 bridgehead atoms. The first-order chi connectivity index (χ1) is 21.6. The van der Waals surface area contributed by atoms with Gasteiger partial charge in [-0.3, -0.25) is 0 Å². The Bertz CT molecular complexity index is 1850. The molecule has 6 aromatic rings. The SMILES string of the molecule is CC(CCCc1ccccc1-c1cccc(-c2ccccc2)c1O)Sc1ccccc1-c1cccc(-c2ccccc2)c1O. The first kappa shape index (κ1) is 29.3. The van der Waals surface area contributed by atoms with Gasteiger partial charge in [0, 0.05) is 32.4 Å². The normalized spacial score (nSPS) is 11.8. The van der Waals surface area contributed by atoms with Gasteiger partial charge in [-0.15, -0.1) is 11.8 Å². The highest BCUT2D eigenvalue weighted by molar-refractivity contribution is 8.00. The van der Waals surface area contributed by atoms with Crippen molar-refractivity contribution in [2.75, 3.05) is 0 Å². The highest BCUT2D eigenvalue weighted by atomic mass is 32.2. The van der Waals surface area contributed by atoms with Crippen LogP contribution in [0.4, 0.5) is 0 Å². The molecule has 0 fully saturated rings. The summed E-state index contributed by atoms with van der Waals surface area (Å²) in [5, 5.41) is 23.0. The van der Waals surface area contributed by atoms with Crippen LogP contribution in [-0.4, -0.2) is 15.5 Å². The zero-order valence-corrected chi connectivity index (χ0v) is 25.7. The van der Waals surface area contributed by atoms with E-state index in [2.05, 4.69) is 43.3 Å². The number of aryl methyl sites for hydroxylation is 1. The lowest BCUT2D eigenvalue weighted by Gasteiger charge is -2.17. The molecule has 0 heterocycles. The van der Waals surface area contributed by atoms with Crippen molar-refractivity contribution < 1.29 is 10.2 Å². The number of rotatable bonds is 10. The predicted molar refractivity (Wildman–Crippen MR) is 186 cm³/mol. The molecule has 0 radical (unpaired) electrons. The first-order valence-corrected chi connectivity index (χ1v) is 16.1. The summed E-state index contributed by atoms with van der Waals surface area (Å²) in [4.78, 5) is 1.17. The number of phenols is 2. The fourth-order valence-corrected chi connectivity index (χ4v) is 7.05. The molecule has 0 aliphatic heterocycles. The van der Waals surface area contributed by atoms with Gasteiger partial charge in [-0.1, -0.05) is 146 Å². The summed E-state index contributed by atoms with van der Waals surface area (Å²) in [6, 6.07) is 48.9. The van der Waals surface area contributed by atoms with E-state index in [1.54, 1.807) is 0 Å². The third-order valence-corrected chi connectivity index (χ3v) is 9.36. The first-order valence-electron chi connectivity index (χ1n) is 15.2. The minimum Gasteiger partial charge on any atom is -0.507 e. The number of phenolic OH excluding ortho intramolecular Hbond substituents is 2. The summed E-state index contributed by atoms with van der Waals surface area (Å²) < 4.78 is 0. The molecule has 3 heteroatoms. The van der Waals surface area contributed by atoms with Crippen LogP contribution < -0.4 is 0 Å². The van der Waals surface area contributed by atoms with E-state index in [0.29, 0.717) is 16.7 Å². The van der Waals surface area contributed by atoms with Gasteiger partial charge >= 0.3 is 0 Å². The average molecular weight is 593 g/mol. The Hall–Kier alpha value is -4.73. The van der Waals surface area contributed by atoms with Crippen molar-refractivity contribution in [3.05, 3.63) is 151 Å². The Morgan fingerprint density at radius 3 is 1.55 bits per heavy atom. The van der Waals surface area contributed by atoms with E-state index in [4.69, 9.17) is 0 Å². The summed E-state index contributed by atoms with van der Waals surface area (Å²) in [5.41, 5.74) is 8.82. The Balaban J connectivity index is 1.17. The molecule has 0 aliphatic carbocycles. The molecule has 0 aliphatic rings. The third-order valence-electron chi connectivity index (χ3n) is 8.11. The van der Waals surface area contributed by atoms with Crippen LogP contribution in [0.1, 0.15) is 25.3 Å². The van der Waals surface area contributed by atoms with E-state index in [1.807, 2.05) is 121 Å². The highest BCUT2D eigenvalue weighted by Gasteiger charge is 2.17. The molecular weight excluding hydrogens is 557 g/mol. The minimum absolute atomic E-state index is 0.315. The minimum atomic E-state index is 0.315. The standard InChI is InChI=1S/C41H36O2S/c1-29(44-39-28-11-10-23-36(39)38-27-14-25-35(41(38)43)32-18-6-3-7-19-32)15-12-21-30-20-8-9-22-33(30)37-26-13-24-34(40(37)42)31-16-4-2-5-17-31/h2-11,13-14,16-20,22-29,42-43H,12,15,21H2,1H3. The quantitative estimate of drug-likeness (QED) is 0.155. The van der Waals surface area contributed by atoms with E-state index in [0.717, 1.165) is 63.8 Å². The average Bonchev–Trinajstić information content (AvgIpc) is 3.06. The van der Waals surface area contributed by atoms with Crippen molar-refractivity contribution in [1.82, 2.24) is 0 Å². The molecule has 218 valence electrons. The van der Waals surface area contributed by atoms with E-state index in [1.165, 1.54) is 10.5 Å². The third kappa shape index (κ3) is 6.44. The molecule has 44 heavy (non-hydrogen) atoms. The van der Waals surface area contributed by atoms with Crippen molar-refractivity contribution >= 4 is 11.8 Å². The molecule has 0 saturated carbocycles. The van der Waals surface area contributed by atoms with Crippen molar-refractivity contribution in [2.24, 2.45) is 0 Å². The molecule has 0 amide bonds. The number of thioether (sulfide) groups is 1. The molecule has 6 aromatic carbocycles. The Morgan fingerprint density at radius 1 is 0.477 bits per heavy atom. The summed E-state index contributed by atoms with van der Waals surface area (Å²) >= 11 is 1.86. The summed E-state index contributed by atoms with van der Waals surface area (Å²) in [6.45, 7) is 2.28. The number of hydrogen-bond acceptors (Lipinski definition) is 3. The Morgan fingerprint density at radius 2 is 0.932 bits per heavy atom. The lowest BCUT2D eigenvalue weighted by Crippen LogP contribution is -1.99. The number of para-hydroxylation sites is 2. The topological polar surface area (TPSA) is 40.5 Å². The number of aromatic hydroxyl groups is 2. The lowest BCUT2D eigenvalue weighted by molar-refractivity contribution is 0.478. The van der Waals surface area contributed by atoms with E-state index in [9.17, 15) is 10.2 Å². The predicted octanol–water partition coefficient (Wildman–Crippen LogP) is 11.3. The van der Waals surface area contributed by atoms with Crippen LogP contribution in [0.5, 0.6) is 11.5 Å². The fraction of sp³-hybridized carbons (Fsp3) is 0.122. The van der Waals surface area contributed by atoms with E-state index in [-0.39, 0.29) is 0 Å². The second-order valence-corrected chi connectivity index (χ2v) is 12.6. The van der Waals surface area contributed by atoms with Crippen molar-refractivity contribution in [3.63, 3.8) is 0 Å². The Labute approximate surface area is 264 Å². The smallest absolute Gasteiger partial charge is 0.131 e. The van der Waals surface area contributed by atoms with Gasteiger partial charge < -0.3 is 10.2 Å². The number of benzene rings is 6. The fourth-order valence-electron chi connectivity index (χ4n) is 5.87. The molecule has 0 spiro atoms. The Kier molecular flexibility index (Phi) is 9.14. The zero-order valence-electron chi connectivity index (χ0n) is 24.9. The van der Waals surface area contributed by atoms with Crippen LogP contribution in [0.3, 0.4) is 0 Å². The van der Waals surface area contributed by atoms with Gasteiger partial charge in [0.25, 0.3) is 0 Å². The van der Waals surface area contributed by atoms with Gasteiger partial charge in [-0.2, -0.15) is 0 Å². The molecule has 6 rings (SSSR count). The summed E-state index contributed by atoms with van der Waals surface area (Å²) in [7, 11) is 0. The summed E-state index contributed by atoms with van der Waals surface area (Å²) in [5.74, 6) is 0.641. The maximum Gasteiger partial charge on any atom is 0.131 e. The molecule has 2 N–H and O–H groups in total. The zero-order chi connectivity index (χ0) is 30.3. The van der Waals surface area contributed by atoms with Crippen molar-refractivity contribution in [1.29, 1.82) is 0 Å². The van der Waals surface area contributed by atoms with Crippen LogP contribution in [-0.2, 0) is 6.42 Å². The largest absolute Gasteiger partial charge is 0.507 e. The van der Waals surface area contributed by atoms with E-state index < -0.39 is 0 Å².